The van der Waals surface area contributed by atoms with E-state index in [0.717, 1.165) is 17.7 Å². The van der Waals surface area contributed by atoms with Crippen LogP contribution < -0.4 is 10.6 Å². The minimum atomic E-state index is -4.62. The molecular formula is C19H16ClF3N2O2. The summed E-state index contributed by atoms with van der Waals surface area (Å²) in [4.78, 5) is 24.4. The molecule has 1 aliphatic carbocycles. The maximum Gasteiger partial charge on any atom is 0.417 e. The Bertz CT molecular complexity index is 882. The number of amides is 2. The zero-order valence-electron chi connectivity index (χ0n) is 14.2. The van der Waals surface area contributed by atoms with E-state index < -0.39 is 34.5 Å². The number of hydrogen-bond acceptors (Lipinski definition) is 2. The first kappa shape index (κ1) is 19.2. The third-order valence-electron chi connectivity index (χ3n) is 4.32. The fraction of sp³-hybridized carbons (Fsp3) is 0.263. The Morgan fingerprint density at radius 3 is 2.04 bits per heavy atom. The molecule has 0 saturated heterocycles. The number of hydrogen-bond donors (Lipinski definition) is 2. The first-order chi connectivity index (χ1) is 12.6. The van der Waals surface area contributed by atoms with Crippen LogP contribution in [-0.2, 0) is 15.8 Å². The summed E-state index contributed by atoms with van der Waals surface area (Å²) in [6.45, 7) is 1.92. The molecule has 27 heavy (non-hydrogen) atoms. The highest BCUT2D eigenvalue weighted by Crippen LogP contribution is 2.41. The predicted octanol–water partition coefficient (Wildman–Crippen LogP) is 4.88. The molecule has 2 aromatic rings. The summed E-state index contributed by atoms with van der Waals surface area (Å²) in [6.07, 6.45) is -4.27. The van der Waals surface area contributed by atoms with Crippen molar-refractivity contribution >= 4 is 34.8 Å². The van der Waals surface area contributed by atoms with Crippen molar-refractivity contribution < 1.29 is 22.8 Å². The number of rotatable bonds is 4. The Morgan fingerprint density at radius 2 is 1.48 bits per heavy atom. The monoisotopic (exact) mass is 396 g/mol. The summed E-state index contributed by atoms with van der Waals surface area (Å²) in [5.74, 6) is -1.85. The number of halogens is 4. The number of anilines is 2. The van der Waals surface area contributed by atoms with Crippen molar-refractivity contribution in [2.75, 3.05) is 10.6 Å². The molecule has 142 valence electrons. The Morgan fingerprint density at radius 1 is 0.963 bits per heavy atom. The van der Waals surface area contributed by atoms with Crippen LogP contribution in [0.4, 0.5) is 24.5 Å². The van der Waals surface area contributed by atoms with Gasteiger partial charge in [0.2, 0.25) is 11.8 Å². The van der Waals surface area contributed by atoms with Crippen molar-refractivity contribution in [1.29, 1.82) is 0 Å². The molecule has 0 bridgehead atoms. The van der Waals surface area contributed by atoms with Gasteiger partial charge in [-0.05, 0) is 43.7 Å². The van der Waals surface area contributed by atoms with Gasteiger partial charge >= 0.3 is 6.18 Å². The van der Waals surface area contributed by atoms with E-state index >= 15 is 0 Å². The van der Waals surface area contributed by atoms with Crippen LogP contribution in [0, 0.1) is 18.8 Å². The smallest absolute Gasteiger partial charge is 0.326 e. The van der Waals surface area contributed by atoms with E-state index in [4.69, 9.17) is 11.6 Å². The molecule has 2 atom stereocenters. The molecule has 1 aliphatic rings. The molecule has 2 unspecified atom stereocenters. The zero-order chi connectivity index (χ0) is 19.8. The van der Waals surface area contributed by atoms with E-state index in [2.05, 4.69) is 10.6 Å². The lowest BCUT2D eigenvalue weighted by molar-refractivity contribution is -0.137. The zero-order valence-corrected chi connectivity index (χ0v) is 15.0. The van der Waals surface area contributed by atoms with Gasteiger partial charge in [0.1, 0.15) is 0 Å². The van der Waals surface area contributed by atoms with Gasteiger partial charge in [0.05, 0.1) is 22.4 Å². The molecule has 4 nitrogen and oxygen atoms in total. The van der Waals surface area contributed by atoms with Crippen LogP contribution in [0.2, 0.25) is 5.02 Å². The molecule has 1 saturated carbocycles. The number of alkyl halides is 3. The van der Waals surface area contributed by atoms with Crippen LogP contribution in [-0.4, -0.2) is 11.8 Å². The maximum atomic E-state index is 12.9. The summed E-state index contributed by atoms with van der Waals surface area (Å²) in [7, 11) is 0. The molecular weight excluding hydrogens is 381 g/mol. The van der Waals surface area contributed by atoms with Crippen molar-refractivity contribution in [2.24, 2.45) is 11.8 Å². The average molecular weight is 397 g/mol. The Kier molecular flexibility index (Phi) is 5.15. The Balaban J connectivity index is 1.60. The molecule has 0 spiro atoms. The molecule has 0 radical (unpaired) electrons. The molecule has 0 heterocycles. The van der Waals surface area contributed by atoms with Gasteiger partial charge in [0.25, 0.3) is 0 Å². The van der Waals surface area contributed by atoms with Gasteiger partial charge in [0.15, 0.2) is 0 Å². The molecule has 2 N–H and O–H groups in total. The van der Waals surface area contributed by atoms with Gasteiger partial charge in [0, 0.05) is 11.4 Å². The lowest BCUT2D eigenvalue weighted by atomic mass is 10.2. The number of carbonyl (C=O) groups is 2. The normalized spacial score (nSPS) is 18.7. The Labute approximate surface area is 158 Å². The highest BCUT2D eigenvalue weighted by Gasteiger charge is 2.48. The molecule has 3 rings (SSSR count). The average Bonchev–Trinajstić information content (AvgIpc) is 3.38. The van der Waals surface area contributed by atoms with Crippen molar-refractivity contribution in [1.82, 2.24) is 0 Å². The first-order valence-electron chi connectivity index (χ1n) is 8.20. The van der Waals surface area contributed by atoms with E-state index in [-0.39, 0.29) is 11.6 Å². The van der Waals surface area contributed by atoms with Crippen molar-refractivity contribution in [3.63, 3.8) is 0 Å². The topological polar surface area (TPSA) is 58.2 Å². The summed E-state index contributed by atoms with van der Waals surface area (Å²) >= 11 is 5.56. The van der Waals surface area contributed by atoms with Crippen LogP contribution in [0.5, 0.6) is 0 Å². The van der Waals surface area contributed by atoms with Gasteiger partial charge in [-0.15, -0.1) is 0 Å². The van der Waals surface area contributed by atoms with Gasteiger partial charge < -0.3 is 10.6 Å². The Hall–Kier alpha value is -2.54. The molecule has 8 heteroatoms. The quantitative estimate of drug-likeness (QED) is 0.773. The largest absolute Gasteiger partial charge is 0.417 e. The van der Waals surface area contributed by atoms with Crippen LogP contribution in [0.25, 0.3) is 0 Å². The molecule has 1 fully saturated rings. The van der Waals surface area contributed by atoms with E-state index in [1.54, 1.807) is 12.1 Å². The van der Waals surface area contributed by atoms with Gasteiger partial charge in [-0.3, -0.25) is 9.59 Å². The van der Waals surface area contributed by atoms with Crippen LogP contribution in [0.1, 0.15) is 17.5 Å². The number of nitrogens with one attached hydrogen (secondary N) is 2. The fourth-order valence-electron chi connectivity index (χ4n) is 2.70. The standard InChI is InChI=1S/C19H16ClF3N2O2/c1-10-2-4-11(5-3-10)24-17(26)13-9-14(13)18(27)25-12-6-7-16(20)15(8-12)19(21,22)23/h2-8,13-14H,9H2,1H3,(H,24,26)(H,25,27). The van der Waals surface area contributed by atoms with Crippen molar-refractivity contribution in [2.45, 2.75) is 19.5 Å². The van der Waals surface area contributed by atoms with Crippen LogP contribution >= 0.6 is 11.6 Å². The molecule has 2 aromatic carbocycles. The minimum Gasteiger partial charge on any atom is -0.326 e. The first-order valence-corrected chi connectivity index (χ1v) is 8.58. The van der Waals surface area contributed by atoms with Crippen LogP contribution in [0.3, 0.4) is 0 Å². The second kappa shape index (κ2) is 7.23. The second-order valence-electron chi connectivity index (χ2n) is 6.49. The summed E-state index contributed by atoms with van der Waals surface area (Å²) < 4.78 is 38.7. The van der Waals surface area contributed by atoms with Crippen LogP contribution in [0.15, 0.2) is 42.5 Å². The van der Waals surface area contributed by atoms with E-state index in [1.807, 2.05) is 19.1 Å². The lowest BCUT2D eigenvalue weighted by Crippen LogP contribution is -2.20. The van der Waals surface area contributed by atoms with E-state index in [1.165, 1.54) is 6.07 Å². The SMILES string of the molecule is Cc1ccc(NC(=O)C2CC2C(=O)Nc2ccc(Cl)c(C(F)(F)F)c2)cc1. The summed E-state index contributed by atoms with van der Waals surface area (Å²) in [5.41, 5.74) is 0.648. The number of benzene rings is 2. The predicted molar refractivity (Wildman–Crippen MR) is 96.5 cm³/mol. The third-order valence-corrected chi connectivity index (χ3v) is 4.65. The van der Waals surface area contributed by atoms with Gasteiger partial charge in [-0.2, -0.15) is 13.2 Å². The minimum absolute atomic E-state index is 0.0127. The molecule has 2 amide bonds. The highest BCUT2D eigenvalue weighted by molar-refractivity contribution is 6.31. The summed E-state index contributed by atoms with van der Waals surface area (Å²) in [5, 5.41) is 4.71. The highest BCUT2D eigenvalue weighted by atomic mass is 35.5. The number of carbonyl (C=O) groups excluding carboxylic acids is 2. The fourth-order valence-corrected chi connectivity index (χ4v) is 2.93. The van der Waals surface area contributed by atoms with Crippen molar-refractivity contribution in [3.8, 4) is 0 Å². The number of aryl methyl sites for hydroxylation is 1. The third kappa shape index (κ3) is 4.60. The maximum absolute atomic E-state index is 12.9. The second-order valence-corrected chi connectivity index (χ2v) is 6.89. The van der Waals surface area contributed by atoms with E-state index in [9.17, 15) is 22.8 Å². The van der Waals surface area contributed by atoms with Crippen molar-refractivity contribution in [3.05, 3.63) is 58.6 Å². The molecule has 0 aliphatic heterocycles. The van der Waals surface area contributed by atoms with Gasteiger partial charge in [-0.25, -0.2) is 0 Å². The summed E-state index contributed by atoms with van der Waals surface area (Å²) in [6, 6.07) is 10.4. The molecule has 0 aromatic heterocycles. The van der Waals surface area contributed by atoms with E-state index in [0.29, 0.717) is 12.1 Å². The lowest BCUT2D eigenvalue weighted by Gasteiger charge is -2.12. The van der Waals surface area contributed by atoms with Gasteiger partial charge in [-0.1, -0.05) is 29.3 Å².